The quantitative estimate of drug-likeness (QED) is 0.267. The van der Waals surface area contributed by atoms with Crippen LogP contribution in [0.5, 0.6) is 5.75 Å². The van der Waals surface area contributed by atoms with Gasteiger partial charge in [-0.25, -0.2) is 4.98 Å². The van der Waals surface area contributed by atoms with Crippen molar-refractivity contribution in [2.45, 2.75) is 52.0 Å². The second-order valence-corrected chi connectivity index (χ2v) is 8.82. The van der Waals surface area contributed by atoms with E-state index in [1.54, 1.807) is 18.3 Å². The Morgan fingerprint density at radius 1 is 1.03 bits per heavy atom. The van der Waals surface area contributed by atoms with Crippen LogP contribution in [0.3, 0.4) is 0 Å². The van der Waals surface area contributed by atoms with Crippen LogP contribution in [-0.2, 0) is 13.0 Å². The molecule has 0 aliphatic rings. The Morgan fingerprint density at radius 3 is 2.60 bits per heavy atom. The molecule has 0 fully saturated rings. The standard InChI is InChI=1S/C29H34N4O2/c1-3-22(2)23-13-15-24(16-14-23)35-21-9-8-20-33-27-12-5-4-10-25(27)32-28(33)17-19-31-29(34)26-11-6-7-18-30-26/h4-7,10-16,18,22H,3,8-9,17,19-21H2,1-2H3,(H,31,34). The van der Waals surface area contributed by atoms with Gasteiger partial charge in [-0.1, -0.05) is 44.2 Å². The summed E-state index contributed by atoms with van der Waals surface area (Å²) in [6.07, 6.45) is 5.36. The third-order valence-electron chi connectivity index (χ3n) is 6.37. The molecule has 1 atom stereocenters. The first-order valence-electron chi connectivity index (χ1n) is 12.5. The lowest BCUT2D eigenvalue weighted by atomic mass is 9.99. The predicted molar refractivity (Wildman–Crippen MR) is 140 cm³/mol. The Morgan fingerprint density at radius 2 is 1.83 bits per heavy atom. The van der Waals surface area contributed by atoms with Gasteiger partial charge in [0.05, 0.1) is 17.6 Å². The van der Waals surface area contributed by atoms with Crippen molar-refractivity contribution >= 4 is 16.9 Å². The Bertz CT molecular complexity index is 1220. The molecule has 0 saturated heterocycles. The maximum Gasteiger partial charge on any atom is 0.269 e. The van der Waals surface area contributed by atoms with Gasteiger partial charge in [0.15, 0.2) is 0 Å². The number of hydrogen-bond donors (Lipinski definition) is 1. The van der Waals surface area contributed by atoms with E-state index in [4.69, 9.17) is 9.72 Å². The molecule has 6 heteroatoms. The molecule has 1 unspecified atom stereocenters. The molecule has 1 amide bonds. The molecule has 2 heterocycles. The van der Waals surface area contributed by atoms with Crippen molar-refractivity contribution < 1.29 is 9.53 Å². The van der Waals surface area contributed by atoms with E-state index in [1.807, 2.05) is 24.3 Å². The fourth-order valence-corrected chi connectivity index (χ4v) is 4.13. The van der Waals surface area contributed by atoms with Crippen LogP contribution in [-0.4, -0.2) is 33.6 Å². The Balaban J connectivity index is 1.29. The second-order valence-electron chi connectivity index (χ2n) is 8.82. The number of pyridine rings is 1. The molecule has 0 spiro atoms. The van der Waals surface area contributed by atoms with Crippen LogP contribution in [0.25, 0.3) is 11.0 Å². The van der Waals surface area contributed by atoms with Crippen LogP contribution >= 0.6 is 0 Å². The Hall–Kier alpha value is -3.67. The largest absolute Gasteiger partial charge is 0.494 e. The molecule has 0 radical (unpaired) electrons. The molecule has 0 aliphatic heterocycles. The number of benzene rings is 2. The topological polar surface area (TPSA) is 69.0 Å². The smallest absolute Gasteiger partial charge is 0.269 e. The van der Waals surface area contributed by atoms with Crippen molar-refractivity contribution in [2.24, 2.45) is 0 Å². The van der Waals surface area contributed by atoms with Gasteiger partial charge in [-0.2, -0.15) is 0 Å². The van der Waals surface area contributed by atoms with Gasteiger partial charge in [0.2, 0.25) is 0 Å². The van der Waals surface area contributed by atoms with Crippen molar-refractivity contribution in [3.8, 4) is 5.75 Å². The van der Waals surface area contributed by atoms with Gasteiger partial charge in [0, 0.05) is 25.7 Å². The molecule has 0 aliphatic carbocycles. The van der Waals surface area contributed by atoms with Crippen molar-refractivity contribution in [3.05, 3.63) is 90.0 Å². The third-order valence-corrected chi connectivity index (χ3v) is 6.37. The van der Waals surface area contributed by atoms with Crippen molar-refractivity contribution in [1.29, 1.82) is 0 Å². The number of nitrogens with zero attached hydrogens (tertiary/aromatic N) is 3. The molecule has 0 bridgehead atoms. The summed E-state index contributed by atoms with van der Waals surface area (Å²) in [4.78, 5) is 21.2. The van der Waals surface area contributed by atoms with Crippen molar-refractivity contribution in [1.82, 2.24) is 19.9 Å². The van der Waals surface area contributed by atoms with E-state index in [2.05, 4.69) is 59.0 Å². The summed E-state index contributed by atoms with van der Waals surface area (Å²) >= 11 is 0. The molecule has 182 valence electrons. The van der Waals surface area contributed by atoms with Gasteiger partial charge >= 0.3 is 0 Å². The number of fused-ring (bicyclic) bond motifs is 1. The number of para-hydroxylation sites is 2. The number of aryl methyl sites for hydroxylation is 1. The summed E-state index contributed by atoms with van der Waals surface area (Å²) < 4.78 is 8.23. The first kappa shape index (κ1) is 24.5. The zero-order valence-corrected chi connectivity index (χ0v) is 20.6. The first-order valence-corrected chi connectivity index (χ1v) is 12.5. The van der Waals surface area contributed by atoms with E-state index in [9.17, 15) is 4.79 Å². The van der Waals surface area contributed by atoms with Gasteiger partial charge in [-0.3, -0.25) is 9.78 Å². The Labute approximate surface area is 207 Å². The van der Waals surface area contributed by atoms with Gasteiger partial charge in [0.1, 0.15) is 17.3 Å². The summed E-state index contributed by atoms with van der Waals surface area (Å²) in [5.41, 5.74) is 3.89. The number of rotatable bonds is 12. The number of hydrogen-bond acceptors (Lipinski definition) is 4. The van der Waals surface area contributed by atoms with E-state index in [0.29, 0.717) is 31.2 Å². The molecule has 6 nitrogen and oxygen atoms in total. The maximum absolute atomic E-state index is 12.3. The third kappa shape index (κ3) is 6.47. The van der Waals surface area contributed by atoms with Crippen LogP contribution in [0.2, 0.25) is 0 Å². The number of amides is 1. The molecular weight excluding hydrogens is 436 g/mol. The summed E-state index contributed by atoms with van der Waals surface area (Å²) in [7, 11) is 0. The highest BCUT2D eigenvalue weighted by Gasteiger charge is 2.12. The van der Waals surface area contributed by atoms with Crippen LogP contribution in [0.15, 0.2) is 72.9 Å². The summed E-state index contributed by atoms with van der Waals surface area (Å²) in [5, 5.41) is 2.95. The molecule has 4 aromatic rings. The van der Waals surface area contributed by atoms with Gasteiger partial charge in [0.25, 0.3) is 5.91 Å². The predicted octanol–water partition coefficient (Wildman–Crippen LogP) is 5.78. The number of carbonyl (C=O) groups is 1. The maximum atomic E-state index is 12.3. The molecule has 0 saturated carbocycles. The summed E-state index contributed by atoms with van der Waals surface area (Å²) in [6, 6.07) is 22.0. The van der Waals surface area contributed by atoms with Gasteiger partial charge in [-0.05, 0) is 67.1 Å². The van der Waals surface area contributed by atoms with E-state index in [0.717, 1.165) is 48.4 Å². The lowest BCUT2D eigenvalue weighted by Crippen LogP contribution is -2.27. The van der Waals surface area contributed by atoms with Crippen molar-refractivity contribution in [2.75, 3.05) is 13.2 Å². The average Bonchev–Trinajstić information content (AvgIpc) is 3.26. The fourth-order valence-electron chi connectivity index (χ4n) is 4.13. The van der Waals surface area contributed by atoms with Crippen LogP contribution < -0.4 is 10.1 Å². The monoisotopic (exact) mass is 470 g/mol. The highest BCUT2D eigenvalue weighted by Crippen LogP contribution is 2.22. The van der Waals surface area contributed by atoms with Crippen LogP contribution in [0, 0.1) is 0 Å². The zero-order valence-electron chi connectivity index (χ0n) is 20.6. The molecular formula is C29H34N4O2. The lowest BCUT2D eigenvalue weighted by molar-refractivity contribution is 0.0949. The second kappa shape index (κ2) is 12.2. The van der Waals surface area contributed by atoms with E-state index in [1.165, 1.54) is 5.56 Å². The Kier molecular flexibility index (Phi) is 8.49. The first-order chi connectivity index (χ1) is 17.2. The molecule has 1 N–H and O–H groups in total. The number of imidazole rings is 1. The lowest BCUT2D eigenvalue weighted by Gasteiger charge is -2.12. The van der Waals surface area contributed by atoms with Crippen LogP contribution in [0.1, 0.15) is 60.9 Å². The average molecular weight is 471 g/mol. The van der Waals surface area contributed by atoms with E-state index in [-0.39, 0.29) is 5.91 Å². The van der Waals surface area contributed by atoms with E-state index >= 15 is 0 Å². The SMILES string of the molecule is CCC(C)c1ccc(OCCCCn2c(CCNC(=O)c3ccccn3)nc3ccccc32)cc1. The molecule has 2 aromatic carbocycles. The minimum atomic E-state index is -0.164. The van der Waals surface area contributed by atoms with E-state index < -0.39 is 0 Å². The molecule has 35 heavy (non-hydrogen) atoms. The van der Waals surface area contributed by atoms with Gasteiger partial charge in [-0.15, -0.1) is 0 Å². The number of carbonyl (C=O) groups excluding carboxylic acids is 1. The number of nitrogens with one attached hydrogen (secondary N) is 1. The summed E-state index contributed by atoms with van der Waals surface area (Å²) in [6.45, 7) is 6.51. The van der Waals surface area contributed by atoms with Gasteiger partial charge < -0.3 is 14.6 Å². The normalized spacial score (nSPS) is 11.9. The minimum absolute atomic E-state index is 0.164. The number of aromatic nitrogens is 3. The van der Waals surface area contributed by atoms with Crippen LogP contribution in [0.4, 0.5) is 0 Å². The molecule has 4 rings (SSSR count). The fraction of sp³-hybridized carbons (Fsp3) is 0.345. The highest BCUT2D eigenvalue weighted by molar-refractivity contribution is 5.92. The highest BCUT2D eigenvalue weighted by atomic mass is 16.5. The number of ether oxygens (including phenoxy) is 1. The minimum Gasteiger partial charge on any atom is -0.494 e. The van der Waals surface area contributed by atoms with Crippen molar-refractivity contribution in [3.63, 3.8) is 0 Å². The zero-order chi connectivity index (χ0) is 24.5. The number of unbranched alkanes of at least 4 members (excludes halogenated alkanes) is 1. The summed E-state index contributed by atoms with van der Waals surface area (Å²) in [5.74, 6) is 2.32. The molecule has 2 aromatic heterocycles.